The molecule has 0 fully saturated rings. The van der Waals surface area contributed by atoms with E-state index < -0.39 is 0 Å². The molecule has 0 saturated carbocycles. The van der Waals surface area contributed by atoms with Crippen molar-refractivity contribution >= 4 is 65.8 Å². The summed E-state index contributed by atoms with van der Waals surface area (Å²) in [7, 11) is 0. The van der Waals surface area contributed by atoms with E-state index >= 15 is 0 Å². The Morgan fingerprint density at radius 2 is 0.488 bits per heavy atom. The molecule has 16 aromatic carbocycles. The summed E-state index contributed by atoms with van der Waals surface area (Å²) in [6.45, 7) is 0. The molecule has 0 aliphatic rings. The van der Waals surface area contributed by atoms with Crippen molar-refractivity contribution in [1.82, 2.24) is 54.8 Å². The van der Waals surface area contributed by atoms with E-state index in [-0.39, 0.29) is 0 Å². The first-order chi connectivity index (χ1) is 60.9. The number of nitrogens with zero attached hydrogens (tertiary/aromatic N) is 11. The quantitative estimate of drug-likeness (QED) is 0.0891. The highest BCUT2D eigenvalue weighted by Gasteiger charge is 2.26. The van der Waals surface area contributed by atoms with Crippen LogP contribution in [0.5, 0.6) is 0 Å². The lowest BCUT2D eigenvalue weighted by molar-refractivity contribution is 0.668. The van der Waals surface area contributed by atoms with Gasteiger partial charge in [0.1, 0.15) is 33.5 Å². The topological polar surface area (TPSA) is 181 Å². The second-order valence-corrected chi connectivity index (χ2v) is 30.3. The summed E-state index contributed by atoms with van der Waals surface area (Å²) in [5, 5.41) is 5.81. The van der Waals surface area contributed by atoms with Crippen LogP contribution in [0.25, 0.3) is 247 Å². The number of hydrogen-bond acceptors (Lipinski definition) is 14. The zero-order valence-electron chi connectivity index (χ0n) is 65.7. The van der Waals surface area contributed by atoms with E-state index in [4.69, 9.17) is 68.1 Å². The van der Waals surface area contributed by atoms with Gasteiger partial charge in [-0.25, -0.2) is 54.8 Å². The van der Waals surface area contributed by atoms with E-state index in [1.54, 1.807) is 0 Å². The Bertz CT molecular complexity index is 7930. The zero-order chi connectivity index (χ0) is 81.3. The Balaban J connectivity index is 0.620. The maximum absolute atomic E-state index is 7.12. The minimum Gasteiger partial charge on any atom is -0.456 e. The minimum atomic E-state index is 0.447. The molecule has 0 unspecified atom stereocenters. The van der Waals surface area contributed by atoms with Crippen LogP contribution in [0.2, 0.25) is 0 Å². The Hall–Kier alpha value is -17.0. The number of aromatic nitrogens is 11. The molecular formula is C109H65N11O3. The van der Waals surface area contributed by atoms with Crippen LogP contribution >= 0.6 is 0 Å². The molecule has 123 heavy (non-hydrogen) atoms. The van der Waals surface area contributed by atoms with Gasteiger partial charge in [0.15, 0.2) is 58.2 Å². The average molecular weight is 1580 g/mol. The van der Waals surface area contributed by atoms with Crippen LogP contribution < -0.4 is 0 Å². The molecule has 0 aliphatic heterocycles. The first kappa shape index (κ1) is 71.4. The number of rotatable bonds is 16. The zero-order valence-corrected chi connectivity index (χ0v) is 65.7. The van der Waals surface area contributed by atoms with Gasteiger partial charge < -0.3 is 13.3 Å². The summed E-state index contributed by atoms with van der Waals surface area (Å²) in [6.07, 6.45) is 0. The van der Waals surface area contributed by atoms with Crippen molar-refractivity contribution in [3.63, 3.8) is 0 Å². The second kappa shape index (κ2) is 30.2. The fourth-order valence-electron chi connectivity index (χ4n) is 16.6. The Morgan fingerprint density at radius 3 is 1.06 bits per heavy atom. The number of furan rings is 3. The molecule has 7 aromatic heterocycles. The van der Waals surface area contributed by atoms with Crippen LogP contribution in [0.4, 0.5) is 0 Å². The van der Waals surface area contributed by atoms with Gasteiger partial charge in [-0.05, 0) is 112 Å². The third-order valence-electron chi connectivity index (χ3n) is 22.7. The Morgan fingerprint density at radius 1 is 0.138 bits per heavy atom. The standard InChI is InChI=1S/C109H65N11O3/c1-7-27-67(28-8-1)91-65-92(111-106(110-91)79-43-25-41-77(61-79)82-58-57-81(97-86-46-20-22-50-94(86)123-99(82)97)76-40-24-44-80(60-76)107-116-102(70-33-13-4-14-34-70)113-103(117-107)71-35-15-5-16-36-71)78-42-23-39-74(59-78)75-55-56-84-89-63-88(66-51-53-73(54-52-66)105-114-100(68-29-9-2-10-30-68)112-101(115-105)69-31-11-3-12-32-69)90(64-96(89)121-95(84)62-75)109-119-104(72-37-17-6-18-38-72)118-108(120-109)87-48-26-47-85-83-45-19-21-49-93(83)122-98(85)87/h1-65H. The maximum atomic E-state index is 7.12. The van der Waals surface area contributed by atoms with E-state index in [2.05, 4.69) is 182 Å². The van der Waals surface area contributed by atoms with E-state index in [1.165, 1.54) is 0 Å². The molecule has 7 heterocycles. The molecule has 0 bridgehead atoms. The van der Waals surface area contributed by atoms with Gasteiger partial charge in [0.25, 0.3) is 0 Å². The van der Waals surface area contributed by atoms with Gasteiger partial charge in [0, 0.05) is 99.1 Å². The molecular weight excluding hydrogens is 1510 g/mol. The maximum Gasteiger partial charge on any atom is 0.167 e. The van der Waals surface area contributed by atoms with Crippen molar-refractivity contribution in [1.29, 1.82) is 0 Å². The van der Waals surface area contributed by atoms with Crippen molar-refractivity contribution in [2.45, 2.75) is 0 Å². The van der Waals surface area contributed by atoms with Gasteiger partial charge in [-0.3, -0.25) is 0 Å². The Kier molecular flexibility index (Phi) is 17.5. The highest BCUT2D eigenvalue weighted by Crippen LogP contribution is 2.47. The molecule has 574 valence electrons. The SMILES string of the molecule is c1ccc(-c2cc(-c3cccc(-c4ccc5c(c4)oc4cc(-c6nc(-c7ccccc7)nc(-c7cccc8c7oc7ccccc78)n6)c(-c6ccc(-c7nc(-c8ccccc8)nc(-c8ccccc8)n7)cc6)cc45)c3)nc(-c3cccc(-c4ccc(-c5cccc(-c6nc(-c7ccccc7)nc(-c7ccccc7)n6)c5)c5c4oc4ccccc45)c3)n2)cc1. The summed E-state index contributed by atoms with van der Waals surface area (Å²) < 4.78 is 20.8. The van der Waals surface area contributed by atoms with Crippen LogP contribution in [0.1, 0.15) is 0 Å². The molecule has 0 saturated heterocycles. The summed E-state index contributed by atoms with van der Waals surface area (Å²) in [5.74, 6) is 5.45. The van der Waals surface area contributed by atoms with Crippen molar-refractivity contribution in [2.24, 2.45) is 0 Å². The van der Waals surface area contributed by atoms with Crippen molar-refractivity contribution in [3.05, 3.63) is 394 Å². The number of benzene rings is 16. The first-order valence-corrected chi connectivity index (χ1v) is 40.7. The third-order valence-corrected chi connectivity index (χ3v) is 22.7. The predicted octanol–water partition coefficient (Wildman–Crippen LogP) is 27.4. The summed E-state index contributed by atoms with van der Waals surface area (Å²) in [5.41, 5.74) is 23.7. The van der Waals surface area contributed by atoms with Gasteiger partial charge >= 0.3 is 0 Å². The molecule has 0 N–H and O–H groups in total. The lowest BCUT2D eigenvalue weighted by Gasteiger charge is -2.13. The molecule has 14 heteroatoms. The van der Waals surface area contributed by atoms with E-state index in [0.717, 1.165) is 172 Å². The van der Waals surface area contributed by atoms with Crippen LogP contribution in [0.15, 0.2) is 408 Å². The van der Waals surface area contributed by atoms with Crippen LogP contribution in [0.3, 0.4) is 0 Å². The lowest BCUT2D eigenvalue weighted by Crippen LogP contribution is -2.01. The molecule has 0 radical (unpaired) electrons. The van der Waals surface area contributed by atoms with E-state index in [1.807, 2.05) is 212 Å². The molecule has 0 aliphatic carbocycles. The summed E-state index contributed by atoms with van der Waals surface area (Å²) in [4.78, 5) is 57.2. The highest BCUT2D eigenvalue weighted by molar-refractivity contribution is 6.17. The van der Waals surface area contributed by atoms with Gasteiger partial charge in [0.2, 0.25) is 0 Å². The number of hydrogen-bond donors (Lipinski definition) is 0. The van der Waals surface area contributed by atoms with Gasteiger partial charge in [-0.1, -0.05) is 322 Å². The smallest absolute Gasteiger partial charge is 0.167 e. The molecule has 0 spiro atoms. The van der Waals surface area contributed by atoms with E-state index in [0.29, 0.717) is 75.0 Å². The van der Waals surface area contributed by atoms with Crippen LogP contribution in [-0.4, -0.2) is 54.8 Å². The molecule has 14 nitrogen and oxygen atoms in total. The summed E-state index contributed by atoms with van der Waals surface area (Å²) in [6, 6.07) is 134. The molecule has 0 atom stereocenters. The van der Waals surface area contributed by atoms with E-state index in [9.17, 15) is 0 Å². The third kappa shape index (κ3) is 13.3. The summed E-state index contributed by atoms with van der Waals surface area (Å²) >= 11 is 0. The molecule has 23 aromatic rings. The lowest BCUT2D eigenvalue weighted by atomic mass is 9.93. The fourth-order valence-corrected chi connectivity index (χ4v) is 16.6. The van der Waals surface area contributed by atoms with Gasteiger partial charge in [-0.15, -0.1) is 0 Å². The van der Waals surface area contributed by atoms with Gasteiger partial charge in [0.05, 0.1) is 17.0 Å². The normalized spacial score (nSPS) is 11.6. The second-order valence-electron chi connectivity index (χ2n) is 30.3. The van der Waals surface area contributed by atoms with Crippen molar-refractivity contribution < 1.29 is 13.3 Å². The van der Waals surface area contributed by atoms with Crippen molar-refractivity contribution in [2.75, 3.05) is 0 Å². The highest BCUT2D eigenvalue weighted by atomic mass is 16.3. The first-order valence-electron chi connectivity index (χ1n) is 40.7. The number of para-hydroxylation sites is 3. The monoisotopic (exact) mass is 1580 g/mol. The van der Waals surface area contributed by atoms with Crippen molar-refractivity contribution in [3.8, 4) is 181 Å². The number of fused-ring (bicyclic) bond motifs is 9. The average Bonchev–Trinajstić information content (AvgIpc) is 1.65. The fraction of sp³-hybridized carbons (Fsp3) is 0. The largest absolute Gasteiger partial charge is 0.456 e. The Labute approximate surface area is 704 Å². The minimum absolute atomic E-state index is 0.447. The molecule has 23 rings (SSSR count). The van der Waals surface area contributed by atoms with Gasteiger partial charge in [-0.2, -0.15) is 0 Å². The molecule has 0 amide bonds. The van der Waals surface area contributed by atoms with Crippen LogP contribution in [0, 0.1) is 0 Å². The predicted molar refractivity (Wildman–Crippen MR) is 491 cm³/mol. The van der Waals surface area contributed by atoms with Crippen LogP contribution in [-0.2, 0) is 0 Å².